The zero-order chi connectivity index (χ0) is 11.8. The molecule has 0 bridgehead atoms. The molecule has 0 saturated heterocycles. The van der Waals surface area contributed by atoms with Crippen molar-refractivity contribution in [1.82, 2.24) is 9.78 Å². The van der Waals surface area contributed by atoms with Crippen LogP contribution in [-0.2, 0) is 7.05 Å². The number of aromatic nitrogens is 2. The summed E-state index contributed by atoms with van der Waals surface area (Å²) in [4.78, 5) is 11.0. The van der Waals surface area contributed by atoms with Crippen LogP contribution in [0.4, 0.5) is 0 Å². The highest BCUT2D eigenvalue weighted by Gasteiger charge is 2.15. The molecule has 0 fully saturated rings. The molecular formula is C13H10N2O2. The van der Waals surface area contributed by atoms with Crippen molar-refractivity contribution in [3.63, 3.8) is 0 Å². The van der Waals surface area contributed by atoms with Crippen LogP contribution in [0.25, 0.3) is 22.2 Å². The van der Waals surface area contributed by atoms with E-state index in [0.29, 0.717) is 5.56 Å². The molecule has 4 heteroatoms. The molecule has 0 aliphatic carbocycles. The van der Waals surface area contributed by atoms with Crippen LogP contribution in [0.5, 0.6) is 0 Å². The van der Waals surface area contributed by atoms with E-state index in [2.05, 4.69) is 5.10 Å². The van der Waals surface area contributed by atoms with E-state index in [0.717, 1.165) is 28.5 Å². The van der Waals surface area contributed by atoms with Gasteiger partial charge in [-0.05, 0) is 6.07 Å². The summed E-state index contributed by atoms with van der Waals surface area (Å²) >= 11 is 0. The number of para-hydroxylation sites is 1. The first kappa shape index (κ1) is 9.84. The first-order chi connectivity index (χ1) is 8.31. The fourth-order valence-electron chi connectivity index (χ4n) is 2.03. The average Bonchev–Trinajstić information content (AvgIpc) is 2.92. The molecule has 0 saturated carbocycles. The number of rotatable bonds is 2. The van der Waals surface area contributed by atoms with Crippen LogP contribution in [0, 0.1) is 0 Å². The number of hydrogen-bond acceptors (Lipinski definition) is 3. The molecule has 0 spiro atoms. The summed E-state index contributed by atoms with van der Waals surface area (Å²) in [6.07, 6.45) is 4.03. The summed E-state index contributed by atoms with van der Waals surface area (Å²) in [6.45, 7) is 0. The van der Waals surface area contributed by atoms with Gasteiger partial charge in [0.15, 0.2) is 6.29 Å². The summed E-state index contributed by atoms with van der Waals surface area (Å²) in [6, 6.07) is 7.73. The van der Waals surface area contributed by atoms with Gasteiger partial charge in [-0.3, -0.25) is 9.48 Å². The van der Waals surface area contributed by atoms with Gasteiger partial charge >= 0.3 is 0 Å². The Balaban J connectivity index is 2.34. The van der Waals surface area contributed by atoms with E-state index in [1.54, 1.807) is 17.1 Å². The van der Waals surface area contributed by atoms with E-state index in [-0.39, 0.29) is 0 Å². The molecule has 2 heterocycles. The molecule has 0 aliphatic heterocycles. The third-order valence-corrected chi connectivity index (χ3v) is 2.83. The van der Waals surface area contributed by atoms with Crippen LogP contribution in [-0.4, -0.2) is 16.1 Å². The van der Waals surface area contributed by atoms with E-state index in [1.807, 2.05) is 31.3 Å². The van der Waals surface area contributed by atoms with Crippen molar-refractivity contribution in [3.8, 4) is 11.3 Å². The van der Waals surface area contributed by atoms with Gasteiger partial charge in [-0.25, -0.2) is 0 Å². The number of aryl methyl sites for hydroxylation is 1. The molecule has 4 nitrogen and oxygen atoms in total. The Kier molecular flexibility index (Phi) is 2.08. The van der Waals surface area contributed by atoms with Crippen LogP contribution >= 0.6 is 0 Å². The Labute approximate surface area is 97.5 Å². The third kappa shape index (κ3) is 1.38. The zero-order valence-corrected chi connectivity index (χ0v) is 9.25. The van der Waals surface area contributed by atoms with Gasteiger partial charge in [0.25, 0.3) is 0 Å². The lowest BCUT2D eigenvalue weighted by Crippen LogP contribution is -1.94. The van der Waals surface area contributed by atoms with Crippen molar-refractivity contribution in [2.45, 2.75) is 0 Å². The normalized spacial score (nSPS) is 10.9. The van der Waals surface area contributed by atoms with Crippen molar-refractivity contribution < 1.29 is 9.21 Å². The minimum absolute atomic E-state index is 0.569. The number of carbonyl (C=O) groups excluding carboxylic acids is 1. The number of furan rings is 1. The molecule has 0 aliphatic rings. The van der Waals surface area contributed by atoms with Crippen molar-refractivity contribution in [3.05, 3.63) is 42.3 Å². The smallest absolute Gasteiger partial charge is 0.153 e. The number of hydrogen-bond donors (Lipinski definition) is 0. The molecule has 2 aromatic heterocycles. The van der Waals surface area contributed by atoms with Crippen LogP contribution in [0.15, 0.2) is 41.1 Å². The largest absolute Gasteiger partial charge is 0.464 e. The van der Waals surface area contributed by atoms with Gasteiger partial charge in [0.1, 0.15) is 11.8 Å². The Morgan fingerprint density at radius 1 is 1.35 bits per heavy atom. The van der Waals surface area contributed by atoms with Gasteiger partial charge in [-0.1, -0.05) is 18.2 Å². The number of benzene rings is 1. The molecule has 84 valence electrons. The molecule has 0 atom stereocenters. The third-order valence-electron chi connectivity index (χ3n) is 2.83. The van der Waals surface area contributed by atoms with Crippen LogP contribution in [0.3, 0.4) is 0 Å². The molecule has 0 amide bonds. The lowest BCUT2D eigenvalue weighted by Gasteiger charge is -2.00. The Bertz CT molecular complexity index is 694. The summed E-state index contributed by atoms with van der Waals surface area (Å²) in [5, 5.41) is 5.08. The van der Waals surface area contributed by atoms with Crippen LogP contribution < -0.4 is 0 Å². The predicted octanol–water partition coefficient (Wildman–Crippen LogP) is 2.65. The minimum Gasteiger partial charge on any atom is -0.464 e. The van der Waals surface area contributed by atoms with Crippen LogP contribution in [0.2, 0.25) is 0 Å². The van der Waals surface area contributed by atoms with Gasteiger partial charge in [0, 0.05) is 18.0 Å². The molecule has 17 heavy (non-hydrogen) atoms. The first-order valence-corrected chi connectivity index (χ1v) is 5.25. The number of nitrogens with zero attached hydrogens (tertiary/aromatic N) is 2. The number of aldehydes is 1. The molecule has 0 radical (unpaired) electrons. The molecule has 3 aromatic rings. The molecular weight excluding hydrogens is 216 g/mol. The van der Waals surface area contributed by atoms with Crippen LogP contribution in [0.1, 0.15) is 10.4 Å². The first-order valence-electron chi connectivity index (χ1n) is 5.25. The second-order valence-corrected chi connectivity index (χ2v) is 3.84. The quantitative estimate of drug-likeness (QED) is 0.631. The van der Waals surface area contributed by atoms with Crippen molar-refractivity contribution in [1.29, 1.82) is 0 Å². The fraction of sp³-hybridized carbons (Fsp3) is 0.0769. The SMILES string of the molecule is Cn1ncc(C=O)c1-c1coc2ccccc12. The summed E-state index contributed by atoms with van der Waals surface area (Å²) in [5.41, 5.74) is 3.05. The minimum atomic E-state index is 0.569. The van der Waals surface area contributed by atoms with E-state index in [9.17, 15) is 4.79 Å². The Morgan fingerprint density at radius 2 is 2.18 bits per heavy atom. The second kappa shape index (κ2) is 3.59. The second-order valence-electron chi connectivity index (χ2n) is 3.84. The fourth-order valence-corrected chi connectivity index (χ4v) is 2.03. The van der Waals surface area contributed by atoms with E-state index in [4.69, 9.17) is 4.42 Å². The monoisotopic (exact) mass is 226 g/mol. The molecule has 0 unspecified atom stereocenters. The molecule has 1 aromatic carbocycles. The Morgan fingerprint density at radius 3 is 3.00 bits per heavy atom. The lowest BCUT2D eigenvalue weighted by molar-refractivity contribution is 0.112. The Hall–Kier alpha value is -2.36. The highest BCUT2D eigenvalue weighted by atomic mass is 16.3. The molecule has 3 rings (SSSR count). The highest BCUT2D eigenvalue weighted by Crippen LogP contribution is 2.31. The standard InChI is InChI=1S/C13H10N2O2/c1-15-13(9(7-16)6-14-15)11-8-17-12-5-3-2-4-10(11)12/h2-8H,1H3. The van der Waals surface area contributed by atoms with Gasteiger partial charge < -0.3 is 4.42 Å². The van der Waals surface area contributed by atoms with Crippen molar-refractivity contribution >= 4 is 17.3 Å². The number of carbonyl (C=O) groups is 1. The number of fused-ring (bicyclic) bond motifs is 1. The van der Waals surface area contributed by atoms with Gasteiger partial charge in [-0.15, -0.1) is 0 Å². The average molecular weight is 226 g/mol. The zero-order valence-electron chi connectivity index (χ0n) is 9.25. The van der Waals surface area contributed by atoms with Gasteiger partial charge in [0.2, 0.25) is 0 Å². The lowest BCUT2D eigenvalue weighted by atomic mass is 10.1. The highest BCUT2D eigenvalue weighted by molar-refractivity contribution is 5.97. The van der Waals surface area contributed by atoms with E-state index in [1.165, 1.54) is 0 Å². The van der Waals surface area contributed by atoms with Crippen molar-refractivity contribution in [2.75, 3.05) is 0 Å². The maximum absolute atomic E-state index is 11.0. The maximum Gasteiger partial charge on any atom is 0.153 e. The summed E-state index contributed by atoms with van der Waals surface area (Å²) in [5.74, 6) is 0. The summed E-state index contributed by atoms with van der Waals surface area (Å²) in [7, 11) is 1.81. The van der Waals surface area contributed by atoms with Gasteiger partial charge in [0.05, 0.1) is 17.5 Å². The van der Waals surface area contributed by atoms with E-state index < -0.39 is 0 Å². The van der Waals surface area contributed by atoms with Gasteiger partial charge in [-0.2, -0.15) is 5.10 Å². The topological polar surface area (TPSA) is 48.0 Å². The maximum atomic E-state index is 11.0. The summed E-state index contributed by atoms with van der Waals surface area (Å²) < 4.78 is 7.15. The van der Waals surface area contributed by atoms with Crippen molar-refractivity contribution in [2.24, 2.45) is 7.05 Å². The van der Waals surface area contributed by atoms with E-state index >= 15 is 0 Å². The molecule has 0 N–H and O–H groups in total. The predicted molar refractivity (Wildman–Crippen MR) is 63.8 cm³/mol.